The number of hydrogen-bond acceptors (Lipinski definition) is 5. The third-order valence-corrected chi connectivity index (χ3v) is 5.57. The SMILES string of the molecule is CN(C)C(=O)c1ccc(CN2CCCC[C@H]2c2nnc(C3CCC3)o2)[nH]1. The van der Waals surface area contributed by atoms with E-state index in [9.17, 15) is 4.79 Å². The van der Waals surface area contributed by atoms with Crippen LogP contribution in [-0.2, 0) is 6.54 Å². The molecule has 1 aliphatic heterocycles. The van der Waals surface area contributed by atoms with Crippen LogP contribution in [0.15, 0.2) is 16.5 Å². The standard InChI is InChI=1S/C19H27N5O2/c1-23(2)19(25)15-10-9-14(20-15)12-24-11-4-3-8-16(24)18-22-21-17(26-18)13-6-5-7-13/h9-10,13,16,20H,3-8,11-12H2,1-2H3/t16-/m0/s1. The van der Waals surface area contributed by atoms with Crippen molar-refractivity contribution in [2.45, 2.75) is 57.0 Å². The van der Waals surface area contributed by atoms with Crippen LogP contribution in [0.2, 0.25) is 0 Å². The summed E-state index contributed by atoms with van der Waals surface area (Å²) >= 11 is 0. The number of rotatable bonds is 5. The van der Waals surface area contributed by atoms with Crippen molar-refractivity contribution in [3.63, 3.8) is 0 Å². The van der Waals surface area contributed by atoms with E-state index in [1.54, 1.807) is 19.0 Å². The van der Waals surface area contributed by atoms with E-state index in [0.717, 1.165) is 37.0 Å². The Bertz CT molecular complexity index is 762. The molecule has 1 atom stereocenters. The normalized spacial score (nSPS) is 21.5. The van der Waals surface area contributed by atoms with E-state index in [1.807, 2.05) is 12.1 Å². The number of piperidine rings is 1. The Morgan fingerprint density at radius 3 is 2.73 bits per heavy atom. The molecule has 2 aromatic heterocycles. The van der Waals surface area contributed by atoms with Crippen molar-refractivity contribution in [3.8, 4) is 0 Å². The van der Waals surface area contributed by atoms with Gasteiger partial charge >= 0.3 is 0 Å². The van der Waals surface area contributed by atoms with Crippen molar-refractivity contribution in [3.05, 3.63) is 35.3 Å². The van der Waals surface area contributed by atoms with Gasteiger partial charge in [0.05, 0.1) is 6.04 Å². The molecular weight excluding hydrogens is 330 g/mol. The Labute approximate surface area is 153 Å². The first-order valence-electron chi connectivity index (χ1n) is 9.58. The lowest BCUT2D eigenvalue weighted by Crippen LogP contribution is -2.33. The molecule has 7 nitrogen and oxygen atoms in total. The number of aromatic amines is 1. The Morgan fingerprint density at radius 2 is 2.00 bits per heavy atom. The molecule has 1 saturated heterocycles. The molecule has 7 heteroatoms. The van der Waals surface area contributed by atoms with Gasteiger partial charge < -0.3 is 14.3 Å². The zero-order chi connectivity index (χ0) is 18.1. The molecule has 3 heterocycles. The maximum Gasteiger partial charge on any atom is 0.269 e. The van der Waals surface area contributed by atoms with Crippen molar-refractivity contribution < 1.29 is 9.21 Å². The van der Waals surface area contributed by atoms with E-state index in [0.29, 0.717) is 11.6 Å². The van der Waals surface area contributed by atoms with Crippen LogP contribution in [0.25, 0.3) is 0 Å². The zero-order valence-electron chi connectivity index (χ0n) is 15.6. The summed E-state index contributed by atoms with van der Waals surface area (Å²) in [4.78, 5) is 19.3. The van der Waals surface area contributed by atoms with Gasteiger partial charge in [-0.25, -0.2) is 0 Å². The minimum absolute atomic E-state index is 0.00603. The molecule has 1 amide bonds. The number of H-pyrrole nitrogens is 1. The summed E-state index contributed by atoms with van der Waals surface area (Å²) in [7, 11) is 3.53. The van der Waals surface area contributed by atoms with Gasteiger partial charge in [0.15, 0.2) is 0 Å². The lowest BCUT2D eigenvalue weighted by atomic mass is 9.85. The number of carbonyl (C=O) groups is 1. The quantitative estimate of drug-likeness (QED) is 0.890. The van der Waals surface area contributed by atoms with Crippen LogP contribution < -0.4 is 0 Å². The summed E-state index contributed by atoms with van der Waals surface area (Å²) in [5, 5.41) is 8.66. The predicted octanol–water partition coefficient (Wildman–Crippen LogP) is 3.09. The van der Waals surface area contributed by atoms with E-state index in [1.165, 1.54) is 32.1 Å². The topological polar surface area (TPSA) is 78.3 Å². The molecule has 2 aromatic rings. The third kappa shape index (κ3) is 3.40. The monoisotopic (exact) mass is 357 g/mol. The lowest BCUT2D eigenvalue weighted by Gasteiger charge is -2.33. The zero-order valence-corrected chi connectivity index (χ0v) is 15.6. The minimum Gasteiger partial charge on any atom is -0.423 e. The van der Waals surface area contributed by atoms with Crippen molar-refractivity contribution in [1.82, 2.24) is 25.0 Å². The van der Waals surface area contributed by atoms with Gasteiger partial charge in [-0.15, -0.1) is 10.2 Å². The molecular formula is C19H27N5O2. The van der Waals surface area contributed by atoms with Crippen molar-refractivity contribution in [2.24, 2.45) is 0 Å². The van der Waals surface area contributed by atoms with E-state index < -0.39 is 0 Å². The Balaban J connectivity index is 1.47. The van der Waals surface area contributed by atoms with E-state index in [4.69, 9.17) is 4.42 Å². The predicted molar refractivity (Wildman–Crippen MR) is 96.7 cm³/mol. The van der Waals surface area contributed by atoms with Gasteiger partial charge in [-0.3, -0.25) is 9.69 Å². The van der Waals surface area contributed by atoms with Crippen molar-refractivity contribution >= 4 is 5.91 Å². The maximum absolute atomic E-state index is 12.1. The van der Waals surface area contributed by atoms with Crippen LogP contribution in [0.1, 0.15) is 78.4 Å². The minimum atomic E-state index is -0.00603. The number of hydrogen-bond donors (Lipinski definition) is 1. The van der Waals surface area contributed by atoms with Gasteiger partial charge in [0.25, 0.3) is 5.91 Å². The van der Waals surface area contributed by atoms with Gasteiger partial charge in [-0.05, 0) is 44.4 Å². The molecule has 26 heavy (non-hydrogen) atoms. The molecule has 0 spiro atoms. The summed E-state index contributed by atoms with van der Waals surface area (Å²) in [6, 6.07) is 4.02. The molecule has 140 valence electrons. The molecule has 1 N–H and O–H groups in total. The summed E-state index contributed by atoms with van der Waals surface area (Å²) in [6.07, 6.45) is 6.99. The average Bonchev–Trinajstić information content (AvgIpc) is 3.23. The first-order valence-corrected chi connectivity index (χ1v) is 9.58. The van der Waals surface area contributed by atoms with Gasteiger partial charge in [0.2, 0.25) is 11.8 Å². The third-order valence-electron chi connectivity index (χ3n) is 5.57. The Kier molecular flexibility index (Phi) is 4.80. The van der Waals surface area contributed by atoms with Gasteiger partial charge in [0, 0.05) is 32.3 Å². The maximum atomic E-state index is 12.1. The second-order valence-corrected chi connectivity index (χ2v) is 7.69. The summed E-state index contributed by atoms with van der Waals surface area (Å²) in [5.74, 6) is 2.03. The van der Waals surface area contributed by atoms with Crippen LogP contribution in [0.4, 0.5) is 0 Å². The molecule has 0 bridgehead atoms. The first-order chi connectivity index (χ1) is 12.6. The summed E-state index contributed by atoms with van der Waals surface area (Å²) in [6.45, 7) is 1.76. The smallest absolute Gasteiger partial charge is 0.269 e. The number of nitrogens with one attached hydrogen (secondary N) is 1. The fourth-order valence-corrected chi connectivity index (χ4v) is 3.78. The fraction of sp³-hybridized carbons (Fsp3) is 0.632. The number of amides is 1. The number of nitrogens with zero attached hydrogens (tertiary/aromatic N) is 4. The fourth-order valence-electron chi connectivity index (χ4n) is 3.78. The van der Waals surface area contributed by atoms with Crippen molar-refractivity contribution in [1.29, 1.82) is 0 Å². The van der Waals surface area contributed by atoms with Crippen LogP contribution in [-0.4, -0.2) is 51.5 Å². The molecule has 2 aliphatic rings. The second kappa shape index (κ2) is 7.23. The van der Waals surface area contributed by atoms with Crippen molar-refractivity contribution in [2.75, 3.05) is 20.6 Å². The first kappa shape index (κ1) is 17.3. The summed E-state index contributed by atoms with van der Waals surface area (Å²) in [5.41, 5.74) is 1.67. The number of carbonyl (C=O) groups excluding carboxylic acids is 1. The molecule has 0 unspecified atom stereocenters. The molecule has 1 saturated carbocycles. The molecule has 2 fully saturated rings. The van der Waals surface area contributed by atoms with Crippen LogP contribution in [0.5, 0.6) is 0 Å². The highest BCUT2D eigenvalue weighted by molar-refractivity contribution is 5.92. The highest BCUT2D eigenvalue weighted by Crippen LogP contribution is 2.37. The van der Waals surface area contributed by atoms with E-state index >= 15 is 0 Å². The molecule has 0 radical (unpaired) electrons. The van der Waals surface area contributed by atoms with Gasteiger partial charge in [0.1, 0.15) is 5.69 Å². The van der Waals surface area contributed by atoms with E-state index in [2.05, 4.69) is 20.1 Å². The van der Waals surface area contributed by atoms with Crippen LogP contribution in [0, 0.1) is 0 Å². The Hall–Kier alpha value is -2.15. The summed E-state index contributed by atoms with van der Waals surface area (Å²) < 4.78 is 6.04. The molecule has 4 rings (SSSR count). The Morgan fingerprint density at radius 1 is 1.19 bits per heavy atom. The van der Waals surface area contributed by atoms with Gasteiger partial charge in [-0.1, -0.05) is 12.8 Å². The highest BCUT2D eigenvalue weighted by Gasteiger charge is 2.31. The highest BCUT2D eigenvalue weighted by atomic mass is 16.4. The van der Waals surface area contributed by atoms with Crippen LogP contribution >= 0.6 is 0 Å². The number of aromatic nitrogens is 3. The molecule has 0 aromatic carbocycles. The van der Waals surface area contributed by atoms with Gasteiger partial charge in [-0.2, -0.15) is 0 Å². The lowest BCUT2D eigenvalue weighted by molar-refractivity contribution is 0.0821. The molecule has 1 aliphatic carbocycles. The van der Waals surface area contributed by atoms with E-state index in [-0.39, 0.29) is 11.9 Å². The number of likely N-dealkylation sites (tertiary alicyclic amines) is 1. The van der Waals surface area contributed by atoms with Crippen LogP contribution in [0.3, 0.4) is 0 Å². The second-order valence-electron chi connectivity index (χ2n) is 7.69. The largest absolute Gasteiger partial charge is 0.423 e. The average molecular weight is 357 g/mol.